The van der Waals surface area contributed by atoms with Gasteiger partial charge in [-0.25, -0.2) is 4.98 Å². The first-order valence-corrected chi connectivity index (χ1v) is 5.29. The highest BCUT2D eigenvalue weighted by Gasteiger charge is 2.01. The number of imidazole rings is 1. The minimum atomic E-state index is 0.748. The van der Waals surface area contributed by atoms with Gasteiger partial charge in [-0.1, -0.05) is 24.3 Å². The zero-order valence-electron chi connectivity index (χ0n) is 9.49. The third-order valence-electron chi connectivity index (χ3n) is 2.48. The first kappa shape index (κ1) is 10.5. The van der Waals surface area contributed by atoms with E-state index in [0.717, 1.165) is 27.8 Å². The number of nitrogens with one attached hydrogen (secondary N) is 1. The van der Waals surface area contributed by atoms with Gasteiger partial charge >= 0.3 is 0 Å². The number of rotatable bonds is 1. The molecule has 0 aliphatic heterocycles. The predicted octanol–water partition coefficient (Wildman–Crippen LogP) is 1.26. The van der Waals surface area contributed by atoms with Crippen LogP contribution in [0, 0.1) is 0 Å². The molecule has 0 saturated heterocycles. The lowest BCUT2D eigenvalue weighted by Crippen LogP contribution is -2.23. The second kappa shape index (κ2) is 4.23. The molecular weight excluding hydrogens is 198 g/mol. The molecule has 1 aromatic carbocycles. The van der Waals surface area contributed by atoms with E-state index in [1.54, 1.807) is 0 Å². The van der Waals surface area contributed by atoms with Crippen molar-refractivity contribution in [3.8, 4) is 11.4 Å². The van der Waals surface area contributed by atoms with Crippen molar-refractivity contribution in [3.05, 3.63) is 35.0 Å². The highest BCUT2D eigenvalue weighted by Crippen LogP contribution is 2.15. The molecule has 3 N–H and O–H groups in total. The maximum atomic E-state index is 5.75. The van der Waals surface area contributed by atoms with E-state index in [0.29, 0.717) is 0 Å². The SMILES string of the molecule is C/C=c1/nc(-c2cccc(N)c2)[nH]/c1=C/C. The Hall–Kier alpha value is -2.03. The number of anilines is 1. The van der Waals surface area contributed by atoms with Gasteiger partial charge in [0.25, 0.3) is 0 Å². The van der Waals surface area contributed by atoms with E-state index in [2.05, 4.69) is 9.97 Å². The van der Waals surface area contributed by atoms with Crippen LogP contribution in [0.2, 0.25) is 0 Å². The lowest BCUT2D eigenvalue weighted by Gasteiger charge is -1.97. The maximum absolute atomic E-state index is 5.75. The topological polar surface area (TPSA) is 54.7 Å². The Morgan fingerprint density at radius 2 is 2.06 bits per heavy atom. The van der Waals surface area contributed by atoms with Crippen molar-refractivity contribution in [1.29, 1.82) is 0 Å². The number of aromatic nitrogens is 2. The van der Waals surface area contributed by atoms with Crippen LogP contribution in [0.5, 0.6) is 0 Å². The summed E-state index contributed by atoms with van der Waals surface area (Å²) in [6.45, 7) is 3.97. The third-order valence-corrected chi connectivity index (χ3v) is 2.48. The van der Waals surface area contributed by atoms with Crippen molar-refractivity contribution in [2.24, 2.45) is 0 Å². The molecule has 0 aliphatic carbocycles. The summed E-state index contributed by atoms with van der Waals surface area (Å²) in [5, 5.41) is 2.01. The molecule has 82 valence electrons. The Morgan fingerprint density at radius 1 is 1.25 bits per heavy atom. The van der Waals surface area contributed by atoms with E-state index in [4.69, 9.17) is 5.73 Å². The molecule has 0 fully saturated rings. The van der Waals surface area contributed by atoms with E-state index < -0.39 is 0 Å². The fourth-order valence-corrected chi connectivity index (χ4v) is 1.66. The number of H-pyrrole nitrogens is 1. The van der Waals surface area contributed by atoms with Crippen LogP contribution in [0.1, 0.15) is 13.8 Å². The first-order chi connectivity index (χ1) is 7.74. The zero-order valence-corrected chi connectivity index (χ0v) is 9.49. The normalized spacial score (nSPS) is 13.4. The largest absolute Gasteiger partial charge is 0.399 e. The van der Waals surface area contributed by atoms with E-state index in [1.165, 1.54) is 0 Å². The standard InChI is InChI=1S/C13H15N3/c1-3-11-12(4-2)16-13(15-11)9-6-5-7-10(14)8-9/h3-8H,14H2,1-2H3,(H,15,16)/b11-3+,12-4+. The van der Waals surface area contributed by atoms with Crippen molar-refractivity contribution in [3.63, 3.8) is 0 Å². The second-order valence-electron chi connectivity index (χ2n) is 3.59. The van der Waals surface area contributed by atoms with Crippen molar-refractivity contribution in [2.45, 2.75) is 13.8 Å². The van der Waals surface area contributed by atoms with Gasteiger partial charge in [-0.2, -0.15) is 0 Å². The lowest BCUT2D eigenvalue weighted by atomic mass is 10.2. The molecule has 0 saturated carbocycles. The average Bonchev–Trinajstić information content (AvgIpc) is 2.72. The molecule has 0 aliphatic rings. The van der Waals surface area contributed by atoms with Gasteiger partial charge in [0, 0.05) is 11.3 Å². The van der Waals surface area contributed by atoms with Gasteiger partial charge in [-0.05, 0) is 26.0 Å². The molecule has 1 aromatic heterocycles. The van der Waals surface area contributed by atoms with Crippen molar-refractivity contribution >= 4 is 17.8 Å². The minimum absolute atomic E-state index is 0.748. The summed E-state index contributed by atoms with van der Waals surface area (Å²) in [4.78, 5) is 7.79. The molecule has 0 spiro atoms. The Morgan fingerprint density at radius 3 is 2.62 bits per heavy atom. The van der Waals surface area contributed by atoms with Crippen LogP contribution >= 0.6 is 0 Å². The number of nitrogens with zero attached hydrogens (tertiary/aromatic N) is 1. The van der Waals surface area contributed by atoms with Crippen molar-refractivity contribution < 1.29 is 0 Å². The molecule has 0 unspecified atom stereocenters. The van der Waals surface area contributed by atoms with E-state index in [-0.39, 0.29) is 0 Å². The van der Waals surface area contributed by atoms with Gasteiger partial charge < -0.3 is 10.7 Å². The zero-order chi connectivity index (χ0) is 11.5. The Balaban J connectivity index is 2.62. The summed E-state index contributed by atoms with van der Waals surface area (Å²) < 4.78 is 0. The van der Waals surface area contributed by atoms with Gasteiger partial charge in [-0.15, -0.1) is 0 Å². The molecule has 0 amide bonds. The maximum Gasteiger partial charge on any atom is 0.138 e. The van der Waals surface area contributed by atoms with Crippen molar-refractivity contribution in [1.82, 2.24) is 9.97 Å². The monoisotopic (exact) mass is 213 g/mol. The Labute approximate surface area is 94.3 Å². The molecule has 1 heterocycles. The molecule has 0 atom stereocenters. The predicted molar refractivity (Wildman–Crippen MR) is 68.0 cm³/mol. The summed E-state index contributed by atoms with van der Waals surface area (Å²) in [5.74, 6) is 0.855. The Bertz CT molecular complexity index is 577. The smallest absolute Gasteiger partial charge is 0.138 e. The van der Waals surface area contributed by atoms with Gasteiger partial charge in [0.05, 0.1) is 10.7 Å². The van der Waals surface area contributed by atoms with Crippen LogP contribution in [0.3, 0.4) is 0 Å². The van der Waals surface area contributed by atoms with Crippen LogP contribution in [-0.4, -0.2) is 9.97 Å². The van der Waals surface area contributed by atoms with Gasteiger partial charge in [0.2, 0.25) is 0 Å². The van der Waals surface area contributed by atoms with Crippen LogP contribution in [0.25, 0.3) is 23.5 Å². The molecule has 2 aromatic rings. The lowest BCUT2D eigenvalue weighted by molar-refractivity contribution is 1.28. The van der Waals surface area contributed by atoms with Crippen LogP contribution < -0.4 is 16.4 Å². The fraction of sp³-hybridized carbons (Fsp3) is 0.154. The van der Waals surface area contributed by atoms with E-state index >= 15 is 0 Å². The fourth-order valence-electron chi connectivity index (χ4n) is 1.66. The molecule has 2 rings (SSSR count). The van der Waals surface area contributed by atoms with Gasteiger partial charge in [-0.3, -0.25) is 0 Å². The number of aromatic amines is 1. The molecule has 16 heavy (non-hydrogen) atoms. The molecule has 3 nitrogen and oxygen atoms in total. The number of nitrogens with two attached hydrogens (primary N) is 1. The number of hydrogen-bond acceptors (Lipinski definition) is 2. The van der Waals surface area contributed by atoms with E-state index in [9.17, 15) is 0 Å². The van der Waals surface area contributed by atoms with Crippen molar-refractivity contribution in [2.75, 3.05) is 5.73 Å². The highest BCUT2D eigenvalue weighted by molar-refractivity contribution is 5.61. The molecule has 0 bridgehead atoms. The van der Waals surface area contributed by atoms with Crippen LogP contribution in [-0.2, 0) is 0 Å². The van der Waals surface area contributed by atoms with Crippen LogP contribution in [0.4, 0.5) is 5.69 Å². The number of benzene rings is 1. The van der Waals surface area contributed by atoms with E-state index in [1.807, 2.05) is 50.3 Å². The summed E-state index contributed by atoms with van der Waals surface area (Å²) in [5.41, 5.74) is 7.51. The van der Waals surface area contributed by atoms with Gasteiger partial charge in [0.1, 0.15) is 5.82 Å². The third kappa shape index (κ3) is 1.84. The molecular formula is C13H15N3. The quantitative estimate of drug-likeness (QED) is 0.701. The average molecular weight is 213 g/mol. The first-order valence-electron chi connectivity index (χ1n) is 5.29. The van der Waals surface area contributed by atoms with Crippen LogP contribution in [0.15, 0.2) is 24.3 Å². The molecule has 3 heteroatoms. The summed E-state index contributed by atoms with van der Waals surface area (Å²) in [6.07, 6.45) is 4.00. The minimum Gasteiger partial charge on any atom is -0.399 e. The highest BCUT2D eigenvalue weighted by atomic mass is 14.9. The summed E-state index contributed by atoms with van der Waals surface area (Å²) in [6, 6.07) is 7.70. The Kier molecular flexibility index (Phi) is 2.77. The second-order valence-corrected chi connectivity index (χ2v) is 3.59. The van der Waals surface area contributed by atoms with Gasteiger partial charge in [0.15, 0.2) is 0 Å². The molecule has 0 radical (unpaired) electrons. The summed E-state index contributed by atoms with van der Waals surface area (Å²) in [7, 11) is 0. The summed E-state index contributed by atoms with van der Waals surface area (Å²) >= 11 is 0. The number of nitrogen functional groups attached to an aromatic ring is 1. The number of hydrogen-bond donors (Lipinski definition) is 2.